The number of hydrogen-bond donors (Lipinski definition) is 0. The number of likely N-dealkylation sites (N-methyl/N-ethyl adjacent to an activating group) is 1. The van der Waals surface area contributed by atoms with Crippen LogP contribution in [0.2, 0.25) is 5.02 Å². The van der Waals surface area contributed by atoms with Gasteiger partial charge in [0.15, 0.2) is 16.4 Å². The Labute approximate surface area is 180 Å². The molecule has 0 spiro atoms. The summed E-state index contributed by atoms with van der Waals surface area (Å²) in [5, 5.41) is 0.556. The molecule has 1 atom stereocenters. The molecule has 0 bridgehead atoms. The van der Waals surface area contributed by atoms with E-state index in [0.717, 1.165) is 5.56 Å². The van der Waals surface area contributed by atoms with Gasteiger partial charge >= 0.3 is 5.97 Å². The molecular weight excluding hydrogens is 430 g/mol. The minimum Gasteiger partial charge on any atom is -0.488 e. The second kappa shape index (κ2) is 9.49. The first kappa shape index (κ1) is 22.1. The molecule has 30 heavy (non-hydrogen) atoms. The Morgan fingerprint density at radius 1 is 1.13 bits per heavy atom. The summed E-state index contributed by atoms with van der Waals surface area (Å²) < 4.78 is 34.1. The van der Waals surface area contributed by atoms with Crippen LogP contribution in [-0.2, 0) is 26.0 Å². The standard InChI is InChI=1S/C21H22ClNO6S/c1-23(16-10-11-30(26,27)14-16)20(24)13-29-21(25)17-7-3-5-9-19(17)28-12-15-6-2-4-8-18(15)22/h2-9,16H,10-14H2,1H3/t16-/m0/s1. The van der Waals surface area contributed by atoms with Gasteiger partial charge in [0.05, 0.1) is 11.5 Å². The largest absolute Gasteiger partial charge is 0.488 e. The quantitative estimate of drug-likeness (QED) is 0.601. The summed E-state index contributed by atoms with van der Waals surface area (Å²) in [5.41, 5.74) is 0.953. The fourth-order valence-electron chi connectivity index (χ4n) is 3.12. The van der Waals surface area contributed by atoms with Gasteiger partial charge in [0.2, 0.25) is 0 Å². The van der Waals surface area contributed by atoms with Crippen molar-refractivity contribution in [2.45, 2.75) is 19.1 Å². The molecule has 1 aliphatic rings. The van der Waals surface area contributed by atoms with Crippen LogP contribution in [0.1, 0.15) is 22.3 Å². The van der Waals surface area contributed by atoms with E-state index in [0.29, 0.717) is 17.2 Å². The fourth-order valence-corrected chi connectivity index (χ4v) is 5.09. The van der Waals surface area contributed by atoms with Crippen LogP contribution in [0.4, 0.5) is 0 Å². The molecule has 160 valence electrons. The molecule has 7 nitrogen and oxygen atoms in total. The van der Waals surface area contributed by atoms with Crippen LogP contribution in [-0.4, -0.2) is 56.4 Å². The van der Waals surface area contributed by atoms with E-state index in [1.807, 2.05) is 18.2 Å². The number of amides is 1. The van der Waals surface area contributed by atoms with E-state index in [9.17, 15) is 18.0 Å². The van der Waals surface area contributed by atoms with Crippen molar-refractivity contribution in [1.29, 1.82) is 0 Å². The Morgan fingerprint density at radius 3 is 2.53 bits per heavy atom. The number of hydrogen-bond acceptors (Lipinski definition) is 6. The Morgan fingerprint density at radius 2 is 1.83 bits per heavy atom. The number of carbonyl (C=O) groups excluding carboxylic acids is 2. The van der Waals surface area contributed by atoms with E-state index >= 15 is 0 Å². The Hall–Kier alpha value is -2.58. The predicted molar refractivity (Wildman–Crippen MR) is 112 cm³/mol. The van der Waals surface area contributed by atoms with E-state index in [2.05, 4.69) is 0 Å². The monoisotopic (exact) mass is 451 g/mol. The van der Waals surface area contributed by atoms with Crippen LogP contribution < -0.4 is 4.74 Å². The summed E-state index contributed by atoms with van der Waals surface area (Å²) in [6.45, 7) is -0.313. The Bertz CT molecular complexity index is 1040. The van der Waals surface area contributed by atoms with E-state index in [1.165, 1.54) is 11.9 Å². The van der Waals surface area contributed by atoms with Gasteiger partial charge in [-0.05, 0) is 24.6 Å². The lowest BCUT2D eigenvalue weighted by Gasteiger charge is -2.23. The maximum atomic E-state index is 12.5. The molecule has 1 amide bonds. The number of esters is 1. The minimum atomic E-state index is -3.11. The zero-order chi connectivity index (χ0) is 21.7. The number of nitrogens with zero attached hydrogens (tertiary/aromatic N) is 1. The summed E-state index contributed by atoms with van der Waals surface area (Å²) in [6, 6.07) is 13.4. The third kappa shape index (κ3) is 5.52. The summed E-state index contributed by atoms with van der Waals surface area (Å²) in [6.07, 6.45) is 0.386. The van der Waals surface area contributed by atoms with Crippen molar-refractivity contribution in [1.82, 2.24) is 4.90 Å². The van der Waals surface area contributed by atoms with E-state index in [1.54, 1.807) is 30.3 Å². The number of benzene rings is 2. The number of halogens is 1. The normalized spacial score (nSPS) is 17.3. The summed E-state index contributed by atoms with van der Waals surface area (Å²) in [5.74, 6) is -0.858. The topological polar surface area (TPSA) is 90.0 Å². The lowest BCUT2D eigenvalue weighted by Crippen LogP contribution is -2.40. The van der Waals surface area contributed by atoms with E-state index < -0.39 is 34.4 Å². The lowest BCUT2D eigenvalue weighted by molar-refractivity contribution is -0.134. The highest BCUT2D eigenvalue weighted by molar-refractivity contribution is 7.91. The number of sulfone groups is 1. The van der Waals surface area contributed by atoms with Gasteiger partial charge in [-0.3, -0.25) is 4.79 Å². The Balaban J connectivity index is 1.59. The smallest absolute Gasteiger partial charge is 0.342 e. The number of para-hydroxylation sites is 1. The van der Waals surface area contributed by atoms with Gasteiger partial charge in [0, 0.05) is 23.7 Å². The molecule has 0 radical (unpaired) electrons. The van der Waals surface area contributed by atoms with Gasteiger partial charge in [-0.25, -0.2) is 13.2 Å². The maximum absolute atomic E-state index is 12.5. The molecule has 3 rings (SSSR count). The average Bonchev–Trinajstić information content (AvgIpc) is 3.10. The van der Waals surface area contributed by atoms with Crippen molar-refractivity contribution in [2.75, 3.05) is 25.2 Å². The SMILES string of the molecule is CN(C(=O)COC(=O)c1ccccc1OCc1ccccc1Cl)[C@H]1CCS(=O)(=O)C1. The molecule has 0 unspecified atom stereocenters. The molecule has 0 aliphatic carbocycles. The minimum absolute atomic E-state index is 0.0607. The van der Waals surface area contributed by atoms with Gasteiger partial charge < -0.3 is 14.4 Å². The summed E-state index contributed by atoms with van der Waals surface area (Å²) in [7, 11) is -1.60. The molecule has 0 aromatic heterocycles. The van der Waals surface area contributed by atoms with E-state index in [4.69, 9.17) is 21.1 Å². The third-order valence-corrected chi connectivity index (χ3v) is 7.04. The first-order valence-corrected chi connectivity index (χ1v) is 11.6. The second-order valence-corrected chi connectivity index (χ2v) is 9.65. The first-order chi connectivity index (χ1) is 14.3. The molecule has 0 N–H and O–H groups in total. The van der Waals surface area contributed by atoms with Crippen LogP contribution in [0.5, 0.6) is 5.75 Å². The second-order valence-electron chi connectivity index (χ2n) is 7.01. The van der Waals surface area contributed by atoms with Crippen molar-refractivity contribution in [3.8, 4) is 5.75 Å². The molecule has 1 fully saturated rings. The average molecular weight is 452 g/mol. The molecule has 1 heterocycles. The van der Waals surface area contributed by atoms with Crippen molar-refractivity contribution < 1.29 is 27.5 Å². The van der Waals surface area contributed by atoms with Crippen molar-refractivity contribution in [2.24, 2.45) is 0 Å². The van der Waals surface area contributed by atoms with Gasteiger partial charge in [-0.2, -0.15) is 0 Å². The summed E-state index contributed by atoms with van der Waals surface area (Å²) in [4.78, 5) is 26.1. The van der Waals surface area contributed by atoms with Crippen molar-refractivity contribution in [3.63, 3.8) is 0 Å². The molecule has 1 aliphatic heterocycles. The number of carbonyl (C=O) groups is 2. The fraction of sp³-hybridized carbons (Fsp3) is 0.333. The van der Waals surface area contributed by atoms with Crippen LogP contribution >= 0.6 is 11.6 Å². The lowest BCUT2D eigenvalue weighted by atomic mass is 10.2. The van der Waals surface area contributed by atoms with Gasteiger partial charge in [-0.1, -0.05) is 41.9 Å². The molecule has 2 aromatic rings. The van der Waals surface area contributed by atoms with Crippen LogP contribution in [0, 0.1) is 0 Å². The highest BCUT2D eigenvalue weighted by Gasteiger charge is 2.33. The van der Waals surface area contributed by atoms with Crippen LogP contribution in [0.3, 0.4) is 0 Å². The van der Waals surface area contributed by atoms with Gasteiger partial charge in [0.1, 0.15) is 17.9 Å². The maximum Gasteiger partial charge on any atom is 0.342 e. The molecule has 0 saturated carbocycles. The zero-order valence-electron chi connectivity index (χ0n) is 16.4. The van der Waals surface area contributed by atoms with Crippen LogP contribution in [0.25, 0.3) is 0 Å². The summed E-state index contributed by atoms with van der Waals surface area (Å²) >= 11 is 6.13. The number of ether oxygens (including phenoxy) is 2. The molecule has 9 heteroatoms. The highest BCUT2D eigenvalue weighted by atomic mass is 35.5. The zero-order valence-corrected chi connectivity index (χ0v) is 18.0. The van der Waals surface area contributed by atoms with E-state index in [-0.39, 0.29) is 23.7 Å². The Kier molecular flexibility index (Phi) is 6.99. The molecule has 1 saturated heterocycles. The number of rotatable bonds is 7. The predicted octanol–water partition coefficient (Wildman–Crippen LogP) is 2.72. The third-order valence-electron chi connectivity index (χ3n) is 4.92. The molecule has 2 aromatic carbocycles. The highest BCUT2D eigenvalue weighted by Crippen LogP contribution is 2.23. The molecular formula is C21H22ClNO6S. The van der Waals surface area contributed by atoms with Crippen LogP contribution in [0.15, 0.2) is 48.5 Å². The van der Waals surface area contributed by atoms with Crippen molar-refractivity contribution in [3.05, 3.63) is 64.7 Å². The first-order valence-electron chi connectivity index (χ1n) is 9.35. The van der Waals surface area contributed by atoms with Crippen molar-refractivity contribution >= 4 is 33.3 Å². The van der Waals surface area contributed by atoms with Gasteiger partial charge in [-0.15, -0.1) is 0 Å². The van der Waals surface area contributed by atoms with Gasteiger partial charge in [0.25, 0.3) is 5.91 Å².